The van der Waals surface area contributed by atoms with Gasteiger partial charge >= 0.3 is 0 Å². The smallest absolute Gasteiger partial charge is 0.265 e. The maximum Gasteiger partial charge on any atom is 0.265 e. The first-order chi connectivity index (χ1) is 12.2. The summed E-state index contributed by atoms with van der Waals surface area (Å²) >= 11 is 1.40. The quantitative estimate of drug-likeness (QED) is 0.587. The number of carbonyl (C=O) groups excluding carboxylic acids is 1. The number of nitrogen functional groups attached to an aromatic ring is 2. The van der Waals surface area contributed by atoms with E-state index >= 15 is 0 Å². The third kappa shape index (κ3) is 3.32. The van der Waals surface area contributed by atoms with Crippen molar-refractivity contribution >= 4 is 44.4 Å². The molecule has 26 heavy (non-hydrogen) atoms. The van der Waals surface area contributed by atoms with Crippen molar-refractivity contribution in [3.05, 3.63) is 46.8 Å². The number of benzene rings is 2. The van der Waals surface area contributed by atoms with Crippen LogP contribution < -0.4 is 21.5 Å². The summed E-state index contributed by atoms with van der Waals surface area (Å²) in [6.07, 6.45) is 0. The number of ether oxygens (including phenoxy) is 1. The zero-order chi connectivity index (χ0) is 19.1. The number of thiophene rings is 1. The molecule has 0 spiro atoms. The van der Waals surface area contributed by atoms with Gasteiger partial charge in [-0.3, -0.25) is 4.79 Å². The SMILES string of the molecule is COc1c(N)cc(C(C)(C)C)cc1NC(=O)c1cc2c(N)cccc2s1. The van der Waals surface area contributed by atoms with Crippen LogP contribution in [-0.2, 0) is 5.41 Å². The molecule has 0 fully saturated rings. The predicted octanol–water partition coefficient (Wildman–Crippen LogP) is 4.62. The Morgan fingerprint density at radius 3 is 2.46 bits per heavy atom. The van der Waals surface area contributed by atoms with Gasteiger partial charge in [0.25, 0.3) is 5.91 Å². The van der Waals surface area contributed by atoms with Crippen LogP contribution in [0.3, 0.4) is 0 Å². The molecular weight excluding hydrogens is 346 g/mol. The Morgan fingerprint density at radius 2 is 1.85 bits per heavy atom. The highest BCUT2D eigenvalue weighted by Crippen LogP contribution is 2.38. The fourth-order valence-corrected chi connectivity index (χ4v) is 3.78. The summed E-state index contributed by atoms with van der Waals surface area (Å²) in [4.78, 5) is 13.4. The number of nitrogens with one attached hydrogen (secondary N) is 1. The molecule has 1 heterocycles. The van der Waals surface area contributed by atoms with E-state index in [1.54, 1.807) is 0 Å². The van der Waals surface area contributed by atoms with E-state index in [0.717, 1.165) is 15.6 Å². The standard InChI is InChI=1S/C20H23N3O2S/c1-20(2,3)11-8-14(22)18(25-4)15(9-11)23-19(24)17-10-12-13(21)6-5-7-16(12)26-17/h5-10H,21-22H2,1-4H3,(H,23,24). The third-order valence-corrected chi connectivity index (χ3v) is 5.35. The second kappa shape index (κ2) is 6.53. The molecule has 0 saturated heterocycles. The molecule has 3 rings (SSSR count). The summed E-state index contributed by atoms with van der Waals surface area (Å²) in [6.45, 7) is 6.28. The van der Waals surface area contributed by atoms with Gasteiger partial charge < -0.3 is 21.5 Å². The number of methoxy groups -OCH3 is 1. The second-order valence-electron chi connectivity index (χ2n) is 7.22. The summed E-state index contributed by atoms with van der Waals surface area (Å²) < 4.78 is 6.38. The van der Waals surface area contributed by atoms with Crippen molar-refractivity contribution in [2.75, 3.05) is 23.9 Å². The third-order valence-electron chi connectivity index (χ3n) is 4.25. The lowest BCUT2D eigenvalue weighted by Crippen LogP contribution is -2.16. The number of amides is 1. The molecule has 2 aromatic carbocycles. The lowest BCUT2D eigenvalue weighted by atomic mass is 9.86. The summed E-state index contributed by atoms with van der Waals surface area (Å²) in [7, 11) is 1.54. The number of carbonyl (C=O) groups is 1. The fourth-order valence-electron chi connectivity index (χ4n) is 2.78. The Balaban J connectivity index is 2.00. The van der Waals surface area contributed by atoms with E-state index in [-0.39, 0.29) is 11.3 Å². The monoisotopic (exact) mass is 369 g/mol. The molecule has 0 aliphatic rings. The Bertz CT molecular complexity index is 987. The Labute approximate surface area is 157 Å². The minimum Gasteiger partial charge on any atom is -0.492 e. The summed E-state index contributed by atoms with van der Waals surface area (Å²) in [5, 5.41) is 3.82. The largest absolute Gasteiger partial charge is 0.492 e. The number of fused-ring (bicyclic) bond motifs is 1. The molecule has 1 aromatic heterocycles. The predicted molar refractivity (Wildman–Crippen MR) is 110 cm³/mol. The molecule has 5 nitrogen and oxygen atoms in total. The van der Waals surface area contributed by atoms with Gasteiger partial charge in [-0.1, -0.05) is 26.8 Å². The molecule has 0 saturated carbocycles. The van der Waals surface area contributed by atoms with Crippen LogP contribution in [-0.4, -0.2) is 13.0 Å². The molecule has 1 amide bonds. The van der Waals surface area contributed by atoms with Gasteiger partial charge in [-0.05, 0) is 41.3 Å². The molecule has 5 N–H and O–H groups in total. The van der Waals surface area contributed by atoms with Gasteiger partial charge in [0, 0.05) is 15.8 Å². The second-order valence-corrected chi connectivity index (χ2v) is 8.30. The van der Waals surface area contributed by atoms with Crippen molar-refractivity contribution in [3.63, 3.8) is 0 Å². The lowest BCUT2D eigenvalue weighted by molar-refractivity contribution is 0.103. The van der Waals surface area contributed by atoms with Crippen LogP contribution in [0.25, 0.3) is 10.1 Å². The molecule has 6 heteroatoms. The zero-order valence-electron chi connectivity index (χ0n) is 15.3. The minimum absolute atomic E-state index is 0.105. The van der Waals surface area contributed by atoms with Crippen LogP contribution in [0.4, 0.5) is 17.1 Å². The highest BCUT2D eigenvalue weighted by Gasteiger charge is 2.20. The van der Waals surface area contributed by atoms with Gasteiger partial charge in [0.05, 0.1) is 23.4 Å². The van der Waals surface area contributed by atoms with E-state index in [1.165, 1.54) is 18.4 Å². The number of hydrogen-bond donors (Lipinski definition) is 3. The Hall–Kier alpha value is -2.73. The van der Waals surface area contributed by atoms with Gasteiger partial charge in [0.15, 0.2) is 5.75 Å². The van der Waals surface area contributed by atoms with Gasteiger partial charge in [0.1, 0.15) is 0 Å². The van der Waals surface area contributed by atoms with Crippen molar-refractivity contribution in [3.8, 4) is 5.75 Å². The highest BCUT2D eigenvalue weighted by atomic mass is 32.1. The average Bonchev–Trinajstić information content (AvgIpc) is 2.99. The van der Waals surface area contributed by atoms with Crippen LogP contribution >= 0.6 is 11.3 Å². The fraction of sp³-hybridized carbons (Fsp3) is 0.250. The first-order valence-corrected chi connectivity index (χ1v) is 9.09. The molecule has 0 atom stereocenters. The van der Waals surface area contributed by atoms with Gasteiger partial charge in [-0.25, -0.2) is 0 Å². The molecule has 0 unspecified atom stereocenters. The maximum atomic E-state index is 12.8. The summed E-state index contributed by atoms with van der Waals surface area (Å²) in [5.74, 6) is 0.251. The van der Waals surface area contributed by atoms with Crippen molar-refractivity contribution in [2.45, 2.75) is 26.2 Å². The molecule has 136 valence electrons. The molecule has 0 aliphatic heterocycles. The van der Waals surface area contributed by atoms with E-state index in [9.17, 15) is 4.79 Å². The van der Waals surface area contributed by atoms with E-state index in [0.29, 0.717) is 27.7 Å². The van der Waals surface area contributed by atoms with Crippen LogP contribution in [0.5, 0.6) is 5.75 Å². The van der Waals surface area contributed by atoms with Crippen LogP contribution in [0.2, 0.25) is 0 Å². The van der Waals surface area contributed by atoms with E-state index in [2.05, 4.69) is 26.1 Å². The molecule has 3 aromatic rings. The number of hydrogen-bond acceptors (Lipinski definition) is 5. The number of nitrogens with two attached hydrogens (primary N) is 2. The van der Waals surface area contributed by atoms with Gasteiger partial charge in [0.2, 0.25) is 0 Å². The Morgan fingerprint density at radius 1 is 1.12 bits per heavy atom. The van der Waals surface area contributed by atoms with Crippen molar-refractivity contribution in [1.82, 2.24) is 0 Å². The minimum atomic E-state index is -0.214. The maximum absolute atomic E-state index is 12.8. The normalized spacial score (nSPS) is 11.5. The van der Waals surface area contributed by atoms with Crippen LogP contribution in [0.1, 0.15) is 36.0 Å². The number of rotatable bonds is 3. The van der Waals surface area contributed by atoms with Crippen molar-refractivity contribution in [1.29, 1.82) is 0 Å². The van der Waals surface area contributed by atoms with Crippen molar-refractivity contribution in [2.24, 2.45) is 0 Å². The Kier molecular flexibility index (Phi) is 4.54. The average molecular weight is 369 g/mol. The summed E-state index contributed by atoms with van der Waals surface area (Å²) in [5.41, 5.74) is 14.8. The summed E-state index contributed by atoms with van der Waals surface area (Å²) in [6, 6.07) is 11.3. The molecule has 0 aliphatic carbocycles. The topological polar surface area (TPSA) is 90.4 Å². The zero-order valence-corrected chi connectivity index (χ0v) is 16.2. The lowest BCUT2D eigenvalue weighted by Gasteiger charge is -2.22. The van der Waals surface area contributed by atoms with E-state index in [4.69, 9.17) is 16.2 Å². The molecule has 0 bridgehead atoms. The van der Waals surface area contributed by atoms with E-state index in [1.807, 2.05) is 36.4 Å². The van der Waals surface area contributed by atoms with E-state index < -0.39 is 0 Å². The highest BCUT2D eigenvalue weighted by molar-refractivity contribution is 7.21. The molecular formula is C20H23N3O2S. The van der Waals surface area contributed by atoms with Crippen LogP contribution in [0.15, 0.2) is 36.4 Å². The van der Waals surface area contributed by atoms with Crippen LogP contribution in [0, 0.1) is 0 Å². The number of anilines is 3. The molecule has 0 radical (unpaired) electrons. The van der Waals surface area contributed by atoms with Crippen molar-refractivity contribution < 1.29 is 9.53 Å². The van der Waals surface area contributed by atoms with Gasteiger partial charge in [-0.15, -0.1) is 11.3 Å². The first-order valence-electron chi connectivity index (χ1n) is 8.28. The first kappa shape index (κ1) is 18.1. The van der Waals surface area contributed by atoms with Gasteiger partial charge in [-0.2, -0.15) is 0 Å².